The summed E-state index contributed by atoms with van der Waals surface area (Å²) in [5.41, 5.74) is -0.535. The number of carboxylic acid groups (broad SMARTS) is 1. The zero-order chi connectivity index (χ0) is 13.0. The van der Waals surface area contributed by atoms with E-state index in [0.29, 0.717) is 6.54 Å². The molecular formula is C12H20N2O4. The number of amides is 2. The van der Waals surface area contributed by atoms with Gasteiger partial charge in [-0.3, -0.25) is 4.79 Å². The molecule has 2 amide bonds. The molecule has 1 aliphatic carbocycles. The molecule has 0 aromatic heterocycles. The Labute approximate surface area is 106 Å². The molecule has 2 aliphatic rings. The first-order valence-electron chi connectivity index (χ1n) is 6.49. The van der Waals surface area contributed by atoms with Crippen molar-refractivity contribution in [3.63, 3.8) is 0 Å². The number of hydrogen-bond acceptors (Lipinski definition) is 3. The lowest BCUT2D eigenvalue weighted by molar-refractivity contribution is -0.139. The first-order valence-corrected chi connectivity index (χ1v) is 6.49. The van der Waals surface area contributed by atoms with Gasteiger partial charge in [0.1, 0.15) is 0 Å². The van der Waals surface area contributed by atoms with Crippen LogP contribution in [0.4, 0.5) is 4.79 Å². The summed E-state index contributed by atoms with van der Waals surface area (Å²) in [6.45, 7) is 1.26. The average molecular weight is 256 g/mol. The fourth-order valence-corrected chi connectivity index (χ4v) is 2.54. The maximum absolute atomic E-state index is 11.7. The summed E-state index contributed by atoms with van der Waals surface area (Å²) in [5, 5.41) is 14.4. The van der Waals surface area contributed by atoms with Gasteiger partial charge in [-0.2, -0.15) is 0 Å². The van der Waals surface area contributed by atoms with E-state index in [1.54, 1.807) is 0 Å². The smallest absolute Gasteiger partial charge is 0.315 e. The molecule has 102 valence electrons. The van der Waals surface area contributed by atoms with Crippen LogP contribution in [-0.2, 0) is 9.53 Å². The molecule has 0 radical (unpaired) electrons. The van der Waals surface area contributed by atoms with Gasteiger partial charge in [-0.05, 0) is 32.1 Å². The molecule has 1 saturated carbocycles. The van der Waals surface area contributed by atoms with Crippen molar-refractivity contribution >= 4 is 12.0 Å². The van der Waals surface area contributed by atoms with Crippen molar-refractivity contribution in [3.8, 4) is 0 Å². The highest BCUT2D eigenvalue weighted by atomic mass is 16.5. The number of nitrogens with one attached hydrogen (secondary N) is 2. The fourth-order valence-electron chi connectivity index (χ4n) is 2.54. The van der Waals surface area contributed by atoms with Crippen LogP contribution < -0.4 is 10.6 Å². The van der Waals surface area contributed by atoms with E-state index in [9.17, 15) is 9.59 Å². The molecule has 6 heteroatoms. The largest absolute Gasteiger partial charge is 0.481 e. The molecule has 0 aromatic carbocycles. The standard InChI is InChI=1S/C12H20N2O4/c15-10(16)7-12(4-2-5-12)14-11(17)13-8-9-3-1-6-18-9/h9H,1-8H2,(H,15,16)(H2,13,14,17). The molecule has 18 heavy (non-hydrogen) atoms. The second kappa shape index (κ2) is 5.56. The van der Waals surface area contributed by atoms with Crippen LogP contribution in [0.1, 0.15) is 38.5 Å². The maximum atomic E-state index is 11.7. The normalized spacial score (nSPS) is 25.2. The Morgan fingerprint density at radius 3 is 2.61 bits per heavy atom. The monoisotopic (exact) mass is 256 g/mol. The van der Waals surface area contributed by atoms with Crippen molar-refractivity contribution < 1.29 is 19.4 Å². The van der Waals surface area contributed by atoms with Gasteiger partial charge >= 0.3 is 12.0 Å². The second-order valence-corrected chi connectivity index (χ2v) is 5.17. The first-order chi connectivity index (χ1) is 8.60. The number of aliphatic carboxylic acids is 1. The number of hydrogen-bond donors (Lipinski definition) is 3. The van der Waals surface area contributed by atoms with Gasteiger partial charge in [0.25, 0.3) is 0 Å². The lowest BCUT2D eigenvalue weighted by Crippen LogP contribution is -2.57. The third kappa shape index (κ3) is 3.35. The van der Waals surface area contributed by atoms with Gasteiger partial charge in [0.2, 0.25) is 0 Å². The summed E-state index contributed by atoms with van der Waals surface area (Å²) < 4.78 is 5.40. The summed E-state index contributed by atoms with van der Waals surface area (Å²) in [5.74, 6) is -0.867. The van der Waals surface area contributed by atoms with Crippen LogP contribution in [-0.4, -0.2) is 41.9 Å². The zero-order valence-corrected chi connectivity index (χ0v) is 10.4. The van der Waals surface area contributed by atoms with Crippen molar-refractivity contribution in [2.24, 2.45) is 0 Å². The molecule has 1 aliphatic heterocycles. The van der Waals surface area contributed by atoms with E-state index in [1.807, 2.05) is 0 Å². The highest BCUT2D eigenvalue weighted by Gasteiger charge is 2.40. The van der Waals surface area contributed by atoms with Crippen LogP contribution in [0, 0.1) is 0 Å². The minimum Gasteiger partial charge on any atom is -0.481 e. The van der Waals surface area contributed by atoms with Crippen molar-refractivity contribution in [1.29, 1.82) is 0 Å². The Bertz CT molecular complexity index is 322. The third-order valence-corrected chi connectivity index (χ3v) is 3.69. The molecule has 0 bridgehead atoms. The molecule has 2 fully saturated rings. The predicted octanol–water partition coefficient (Wildman–Crippen LogP) is 0.862. The molecule has 1 atom stereocenters. The van der Waals surface area contributed by atoms with Crippen molar-refractivity contribution in [3.05, 3.63) is 0 Å². The molecule has 0 aromatic rings. The summed E-state index contributed by atoms with van der Waals surface area (Å²) in [7, 11) is 0. The minimum absolute atomic E-state index is 0.000346. The lowest BCUT2D eigenvalue weighted by atomic mass is 9.74. The highest BCUT2D eigenvalue weighted by Crippen LogP contribution is 2.34. The number of ether oxygens (including phenoxy) is 1. The van der Waals surface area contributed by atoms with Crippen LogP contribution in [0.15, 0.2) is 0 Å². The van der Waals surface area contributed by atoms with Gasteiger partial charge < -0.3 is 20.5 Å². The van der Waals surface area contributed by atoms with E-state index < -0.39 is 11.5 Å². The molecule has 6 nitrogen and oxygen atoms in total. The van der Waals surface area contributed by atoms with E-state index in [1.165, 1.54) is 0 Å². The molecule has 0 spiro atoms. The maximum Gasteiger partial charge on any atom is 0.315 e. The van der Waals surface area contributed by atoms with E-state index in [2.05, 4.69) is 10.6 Å². The van der Waals surface area contributed by atoms with Gasteiger partial charge in [0.15, 0.2) is 0 Å². The van der Waals surface area contributed by atoms with Crippen molar-refractivity contribution in [2.75, 3.05) is 13.2 Å². The van der Waals surface area contributed by atoms with E-state index >= 15 is 0 Å². The topological polar surface area (TPSA) is 87.7 Å². The van der Waals surface area contributed by atoms with Crippen LogP contribution in [0.25, 0.3) is 0 Å². The van der Waals surface area contributed by atoms with Gasteiger partial charge in [-0.25, -0.2) is 4.79 Å². The Morgan fingerprint density at radius 1 is 1.33 bits per heavy atom. The van der Waals surface area contributed by atoms with Gasteiger partial charge in [0, 0.05) is 13.2 Å². The van der Waals surface area contributed by atoms with Crippen LogP contribution in [0.3, 0.4) is 0 Å². The molecule has 1 heterocycles. The number of carbonyl (C=O) groups excluding carboxylic acids is 1. The summed E-state index contributed by atoms with van der Waals surface area (Å²) in [4.78, 5) is 22.5. The third-order valence-electron chi connectivity index (χ3n) is 3.69. The number of carbonyl (C=O) groups is 2. The molecule has 1 unspecified atom stereocenters. The summed E-state index contributed by atoms with van der Waals surface area (Å²) in [6, 6.07) is -0.286. The molecule has 2 rings (SSSR count). The lowest BCUT2D eigenvalue weighted by Gasteiger charge is -2.41. The summed E-state index contributed by atoms with van der Waals surface area (Å²) in [6.07, 6.45) is 4.57. The van der Waals surface area contributed by atoms with E-state index in [-0.39, 0.29) is 18.6 Å². The van der Waals surface area contributed by atoms with Gasteiger partial charge in [-0.1, -0.05) is 0 Å². The van der Waals surface area contributed by atoms with Crippen LogP contribution in [0.2, 0.25) is 0 Å². The number of urea groups is 1. The van der Waals surface area contributed by atoms with E-state index in [0.717, 1.165) is 38.7 Å². The quantitative estimate of drug-likeness (QED) is 0.681. The van der Waals surface area contributed by atoms with Crippen molar-refractivity contribution in [1.82, 2.24) is 10.6 Å². The first kappa shape index (κ1) is 13.1. The van der Waals surface area contributed by atoms with Gasteiger partial charge in [0.05, 0.1) is 18.1 Å². The number of rotatable bonds is 5. The zero-order valence-electron chi connectivity index (χ0n) is 10.4. The SMILES string of the molecule is O=C(O)CC1(NC(=O)NCC2CCCO2)CCC1. The van der Waals surface area contributed by atoms with Crippen LogP contribution >= 0.6 is 0 Å². The Kier molecular flexibility index (Phi) is 4.06. The van der Waals surface area contributed by atoms with Crippen LogP contribution in [0.5, 0.6) is 0 Å². The highest BCUT2D eigenvalue weighted by molar-refractivity contribution is 5.77. The predicted molar refractivity (Wildman–Crippen MR) is 64.3 cm³/mol. The fraction of sp³-hybridized carbons (Fsp3) is 0.833. The van der Waals surface area contributed by atoms with E-state index in [4.69, 9.17) is 9.84 Å². The summed E-state index contributed by atoms with van der Waals surface area (Å²) >= 11 is 0. The Hall–Kier alpha value is -1.30. The second-order valence-electron chi connectivity index (χ2n) is 5.17. The van der Waals surface area contributed by atoms with Gasteiger partial charge in [-0.15, -0.1) is 0 Å². The molecular weight excluding hydrogens is 236 g/mol. The Balaban J connectivity index is 1.73. The Morgan fingerprint density at radius 2 is 2.11 bits per heavy atom. The average Bonchev–Trinajstić information content (AvgIpc) is 2.75. The van der Waals surface area contributed by atoms with Crippen molar-refractivity contribution in [2.45, 2.75) is 50.2 Å². The molecule has 3 N–H and O–H groups in total. The minimum atomic E-state index is -0.867. The molecule has 1 saturated heterocycles. The number of carboxylic acids is 1.